The molecule has 1 N–H and O–H groups in total. The minimum Gasteiger partial charge on any atom is -0.481 e. The summed E-state index contributed by atoms with van der Waals surface area (Å²) in [7, 11) is 3.07. The lowest BCUT2D eigenvalue weighted by Gasteiger charge is -2.44. The smallest absolute Gasteiger partial charge is 0.319 e. The summed E-state index contributed by atoms with van der Waals surface area (Å²) >= 11 is 0. The molecule has 0 spiro atoms. The standard InChI is InChI=1S/C19H24N4O3/c1-25-17-16(11-21-18(22-17)26-2)19(24)9-14-3-4-15(10-19)23(14)12-13-5-7-20-8-6-13/h5-8,11,14-15,24H,3-4,9-10,12H2,1-2H3/t14-,15-/m1/s1. The molecular weight excluding hydrogens is 332 g/mol. The van der Waals surface area contributed by atoms with Crippen molar-refractivity contribution < 1.29 is 14.6 Å². The first kappa shape index (κ1) is 17.2. The van der Waals surface area contributed by atoms with Crippen molar-refractivity contribution in [1.82, 2.24) is 19.9 Å². The minimum atomic E-state index is -0.974. The van der Waals surface area contributed by atoms with Gasteiger partial charge in [-0.25, -0.2) is 4.98 Å². The summed E-state index contributed by atoms with van der Waals surface area (Å²) in [4.78, 5) is 15.0. The molecule has 0 radical (unpaired) electrons. The topological polar surface area (TPSA) is 80.6 Å². The van der Waals surface area contributed by atoms with E-state index in [1.807, 2.05) is 12.4 Å². The number of fused-ring (bicyclic) bond motifs is 2. The zero-order valence-corrected chi connectivity index (χ0v) is 15.1. The van der Waals surface area contributed by atoms with Gasteiger partial charge in [0.1, 0.15) is 0 Å². The maximum atomic E-state index is 11.4. The first-order valence-electron chi connectivity index (χ1n) is 8.95. The van der Waals surface area contributed by atoms with E-state index in [0.29, 0.717) is 36.4 Å². The number of piperidine rings is 1. The number of hydrogen-bond donors (Lipinski definition) is 1. The first-order chi connectivity index (χ1) is 12.6. The van der Waals surface area contributed by atoms with Crippen LogP contribution < -0.4 is 9.47 Å². The summed E-state index contributed by atoms with van der Waals surface area (Å²) in [6.45, 7) is 0.893. The van der Waals surface area contributed by atoms with Gasteiger partial charge in [-0.1, -0.05) is 0 Å². The third-order valence-corrected chi connectivity index (χ3v) is 5.64. The van der Waals surface area contributed by atoms with E-state index in [1.54, 1.807) is 13.3 Å². The first-order valence-corrected chi connectivity index (χ1v) is 8.95. The van der Waals surface area contributed by atoms with Gasteiger partial charge in [-0.15, -0.1) is 0 Å². The molecule has 138 valence electrons. The third-order valence-electron chi connectivity index (χ3n) is 5.64. The number of hydrogen-bond acceptors (Lipinski definition) is 7. The van der Waals surface area contributed by atoms with Gasteiger partial charge in [0.15, 0.2) is 0 Å². The molecule has 7 heteroatoms. The lowest BCUT2D eigenvalue weighted by molar-refractivity contribution is -0.0612. The summed E-state index contributed by atoms with van der Waals surface area (Å²) in [6, 6.07) is 5.02. The lowest BCUT2D eigenvalue weighted by Crippen LogP contribution is -2.49. The molecular formula is C19H24N4O3. The molecule has 2 fully saturated rings. The number of aromatic nitrogens is 3. The van der Waals surface area contributed by atoms with E-state index < -0.39 is 5.60 Å². The van der Waals surface area contributed by atoms with Crippen LogP contribution in [0.1, 0.15) is 36.8 Å². The molecule has 26 heavy (non-hydrogen) atoms. The maximum Gasteiger partial charge on any atom is 0.319 e. The molecule has 4 rings (SSSR count). The van der Waals surface area contributed by atoms with Gasteiger partial charge in [0, 0.05) is 37.2 Å². The fraction of sp³-hybridized carbons (Fsp3) is 0.526. The van der Waals surface area contributed by atoms with Crippen molar-refractivity contribution >= 4 is 0 Å². The van der Waals surface area contributed by atoms with E-state index >= 15 is 0 Å². The predicted octanol–water partition coefficient (Wildman–Crippen LogP) is 1.90. The quantitative estimate of drug-likeness (QED) is 0.876. The highest BCUT2D eigenvalue weighted by Crippen LogP contribution is 2.47. The Morgan fingerprint density at radius 3 is 2.46 bits per heavy atom. The van der Waals surface area contributed by atoms with Crippen LogP contribution in [0.4, 0.5) is 0 Å². The van der Waals surface area contributed by atoms with Gasteiger partial charge in [-0.3, -0.25) is 9.88 Å². The highest BCUT2D eigenvalue weighted by atomic mass is 16.5. The van der Waals surface area contributed by atoms with Gasteiger partial charge in [-0.05, 0) is 43.4 Å². The second-order valence-electron chi connectivity index (χ2n) is 7.13. The summed E-state index contributed by atoms with van der Waals surface area (Å²) < 4.78 is 10.5. The molecule has 0 saturated carbocycles. The van der Waals surface area contributed by atoms with Gasteiger partial charge in [0.25, 0.3) is 0 Å². The van der Waals surface area contributed by atoms with Crippen LogP contribution in [0.2, 0.25) is 0 Å². The van der Waals surface area contributed by atoms with Crippen LogP contribution in [0.5, 0.6) is 11.9 Å². The van der Waals surface area contributed by atoms with Crippen molar-refractivity contribution in [3.63, 3.8) is 0 Å². The van der Waals surface area contributed by atoms with Crippen molar-refractivity contribution in [2.75, 3.05) is 14.2 Å². The van der Waals surface area contributed by atoms with E-state index in [1.165, 1.54) is 12.7 Å². The van der Waals surface area contributed by atoms with E-state index in [0.717, 1.165) is 19.4 Å². The van der Waals surface area contributed by atoms with E-state index in [-0.39, 0.29) is 6.01 Å². The van der Waals surface area contributed by atoms with Crippen molar-refractivity contribution in [2.24, 2.45) is 0 Å². The number of nitrogens with zero attached hydrogens (tertiary/aromatic N) is 4. The number of pyridine rings is 1. The molecule has 2 saturated heterocycles. The van der Waals surface area contributed by atoms with Crippen LogP contribution in [0.15, 0.2) is 30.7 Å². The summed E-state index contributed by atoms with van der Waals surface area (Å²) in [5.74, 6) is 0.390. The lowest BCUT2D eigenvalue weighted by atomic mass is 9.81. The van der Waals surface area contributed by atoms with Gasteiger partial charge < -0.3 is 14.6 Å². The molecule has 2 aromatic rings. The number of rotatable bonds is 5. The Hall–Kier alpha value is -2.25. The molecule has 0 amide bonds. The van der Waals surface area contributed by atoms with Gasteiger partial charge >= 0.3 is 6.01 Å². The second-order valence-corrected chi connectivity index (χ2v) is 7.13. The van der Waals surface area contributed by atoms with Crippen LogP contribution in [0.25, 0.3) is 0 Å². The monoisotopic (exact) mass is 356 g/mol. The molecule has 2 aromatic heterocycles. The third kappa shape index (κ3) is 3.01. The van der Waals surface area contributed by atoms with Gasteiger partial charge in [-0.2, -0.15) is 4.98 Å². The highest BCUT2D eigenvalue weighted by Gasteiger charge is 2.49. The molecule has 2 aliphatic heterocycles. The molecule has 7 nitrogen and oxygen atoms in total. The predicted molar refractivity (Wildman–Crippen MR) is 94.9 cm³/mol. The van der Waals surface area contributed by atoms with Crippen LogP contribution in [0, 0.1) is 0 Å². The van der Waals surface area contributed by atoms with Crippen LogP contribution in [-0.2, 0) is 12.1 Å². The van der Waals surface area contributed by atoms with Crippen LogP contribution in [0.3, 0.4) is 0 Å². The molecule has 4 heterocycles. The molecule has 2 aliphatic rings. The second kappa shape index (κ2) is 6.81. The number of ether oxygens (including phenoxy) is 2. The Morgan fingerprint density at radius 2 is 1.85 bits per heavy atom. The van der Waals surface area contributed by atoms with Crippen molar-refractivity contribution in [3.8, 4) is 11.9 Å². The van der Waals surface area contributed by atoms with E-state index in [2.05, 4.69) is 32.0 Å². The van der Waals surface area contributed by atoms with E-state index in [9.17, 15) is 5.11 Å². The number of aliphatic hydroxyl groups is 1. The Kier molecular flexibility index (Phi) is 4.50. The summed E-state index contributed by atoms with van der Waals surface area (Å²) in [5, 5.41) is 11.4. The zero-order valence-electron chi connectivity index (χ0n) is 15.1. The Labute approximate surface area is 153 Å². The molecule has 0 aliphatic carbocycles. The largest absolute Gasteiger partial charge is 0.481 e. The average Bonchev–Trinajstić information content (AvgIpc) is 2.92. The van der Waals surface area contributed by atoms with E-state index in [4.69, 9.17) is 9.47 Å². The molecule has 0 unspecified atom stereocenters. The maximum absolute atomic E-state index is 11.4. The minimum absolute atomic E-state index is 0.243. The van der Waals surface area contributed by atoms with Crippen molar-refractivity contribution in [3.05, 3.63) is 41.9 Å². The highest BCUT2D eigenvalue weighted by molar-refractivity contribution is 5.33. The molecule has 2 bridgehead atoms. The molecule has 2 atom stereocenters. The van der Waals surface area contributed by atoms with Crippen LogP contribution >= 0.6 is 0 Å². The van der Waals surface area contributed by atoms with Crippen molar-refractivity contribution in [1.29, 1.82) is 0 Å². The number of methoxy groups -OCH3 is 2. The Morgan fingerprint density at radius 1 is 1.15 bits per heavy atom. The Bertz CT molecular complexity index is 757. The average molecular weight is 356 g/mol. The zero-order chi connectivity index (χ0) is 18.1. The normalized spacial score (nSPS) is 28.1. The van der Waals surface area contributed by atoms with Crippen LogP contribution in [-0.4, -0.2) is 51.3 Å². The summed E-state index contributed by atoms with van der Waals surface area (Å²) in [6.07, 6.45) is 8.80. The molecule has 0 aromatic carbocycles. The SMILES string of the molecule is COc1ncc(C2(O)C[C@H]3CC[C@H](C2)N3Cc2ccncc2)c(OC)n1. The van der Waals surface area contributed by atoms with Crippen molar-refractivity contribution in [2.45, 2.75) is 49.9 Å². The Balaban J connectivity index is 1.58. The fourth-order valence-corrected chi connectivity index (χ4v) is 4.42. The fourth-order valence-electron chi connectivity index (χ4n) is 4.42. The van der Waals surface area contributed by atoms with Gasteiger partial charge in [0.05, 0.1) is 25.4 Å². The van der Waals surface area contributed by atoms with Gasteiger partial charge in [0.2, 0.25) is 5.88 Å². The summed E-state index contributed by atoms with van der Waals surface area (Å²) in [5.41, 5.74) is 0.937.